The number of para-hydroxylation sites is 1. The van der Waals surface area contributed by atoms with Gasteiger partial charge in [0.1, 0.15) is 0 Å². The second-order valence-corrected chi connectivity index (χ2v) is 8.12. The van der Waals surface area contributed by atoms with E-state index in [1.165, 1.54) is 16.7 Å². The minimum absolute atomic E-state index is 0.191. The lowest BCUT2D eigenvalue weighted by atomic mass is 10.1. The molecule has 0 aliphatic carbocycles. The summed E-state index contributed by atoms with van der Waals surface area (Å²) in [5.74, 6) is 0.960. The molecule has 7 nitrogen and oxygen atoms in total. The largest absolute Gasteiger partial charge is 0.357 e. The van der Waals surface area contributed by atoms with Crippen LogP contribution in [0.3, 0.4) is 0 Å². The van der Waals surface area contributed by atoms with Gasteiger partial charge in [-0.1, -0.05) is 42.5 Å². The molecule has 0 saturated heterocycles. The summed E-state index contributed by atoms with van der Waals surface area (Å²) in [4.78, 5) is 19.4. The predicted molar refractivity (Wildman–Crippen MR) is 132 cm³/mol. The Kier molecular flexibility index (Phi) is 7.74. The third kappa shape index (κ3) is 6.00. The van der Waals surface area contributed by atoms with Crippen LogP contribution in [-0.2, 0) is 24.3 Å². The number of nitrogens with zero attached hydrogens (tertiary/aromatic N) is 4. The molecule has 0 bridgehead atoms. The maximum absolute atomic E-state index is 12.7. The van der Waals surface area contributed by atoms with Crippen LogP contribution in [0, 0.1) is 0 Å². The van der Waals surface area contributed by atoms with E-state index in [0.717, 1.165) is 44.1 Å². The molecule has 0 radical (unpaired) electrons. The molecule has 1 aliphatic heterocycles. The maximum atomic E-state index is 12.7. The van der Waals surface area contributed by atoms with E-state index in [2.05, 4.69) is 40.9 Å². The van der Waals surface area contributed by atoms with Crippen molar-refractivity contribution in [2.24, 2.45) is 4.99 Å². The third-order valence-corrected chi connectivity index (χ3v) is 5.81. The number of anilines is 1. The van der Waals surface area contributed by atoms with Gasteiger partial charge in [-0.3, -0.25) is 9.48 Å². The lowest BCUT2D eigenvalue weighted by molar-refractivity contribution is -0.118. The average Bonchev–Trinajstić information content (AvgIpc) is 3.51. The van der Waals surface area contributed by atoms with Gasteiger partial charge in [-0.05, 0) is 48.6 Å². The molecule has 0 fully saturated rings. The number of benzene rings is 2. The van der Waals surface area contributed by atoms with Gasteiger partial charge in [0, 0.05) is 44.1 Å². The summed E-state index contributed by atoms with van der Waals surface area (Å²) in [6.07, 6.45) is 5.99. The van der Waals surface area contributed by atoms with Crippen molar-refractivity contribution >= 4 is 17.6 Å². The highest BCUT2D eigenvalue weighted by Crippen LogP contribution is 2.27. The summed E-state index contributed by atoms with van der Waals surface area (Å²) in [6.45, 7) is 5.62. The van der Waals surface area contributed by atoms with Crippen molar-refractivity contribution in [3.63, 3.8) is 0 Å². The molecule has 1 aromatic heterocycles. The molecule has 2 heterocycles. The molecule has 3 aromatic rings. The minimum atomic E-state index is 0.191. The smallest absolute Gasteiger partial charge is 0.227 e. The number of guanidine groups is 1. The SMILES string of the molecule is CCNC(=NCc1ccccc1Cn1cccn1)NCCCC(=O)N1CCc2ccccc21. The monoisotopic (exact) mass is 444 g/mol. The number of rotatable bonds is 9. The summed E-state index contributed by atoms with van der Waals surface area (Å²) in [5, 5.41) is 11.0. The molecular formula is C26H32N6O. The van der Waals surface area contributed by atoms with Crippen molar-refractivity contribution in [1.29, 1.82) is 0 Å². The first-order valence-electron chi connectivity index (χ1n) is 11.7. The molecule has 2 N–H and O–H groups in total. The van der Waals surface area contributed by atoms with Gasteiger partial charge in [0.15, 0.2) is 5.96 Å². The van der Waals surface area contributed by atoms with Crippen molar-refractivity contribution in [3.05, 3.63) is 83.7 Å². The normalized spacial score (nSPS) is 13.1. The number of aromatic nitrogens is 2. The van der Waals surface area contributed by atoms with E-state index in [0.29, 0.717) is 19.5 Å². The summed E-state index contributed by atoms with van der Waals surface area (Å²) < 4.78 is 1.92. The molecule has 1 aliphatic rings. The Labute approximate surface area is 195 Å². The van der Waals surface area contributed by atoms with E-state index in [9.17, 15) is 4.79 Å². The highest BCUT2D eigenvalue weighted by atomic mass is 16.2. The zero-order valence-electron chi connectivity index (χ0n) is 19.2. The van der Waals surface area contributed by atoms with Crippen molar-refractivity contribution in [3.8, 4) is 0 Å². The summed E-state index contributed by atoms with van der Waals surface area (Å²) in [7, 11) is 0. The predicted octanol–water partition coefficient (Wildman–Crippen LogP) is 3.36. The second-order valence-electron chi connectivity index (χ2n) is 8.12. The number of nitrogens with one attached hydrogen (secondary N) is 2. The lowest BCUT2D eigenvalue weighted by Crippen LogP contribution is -2.38. The molecule has 7 heteroatoms. The molecule has 4 rings (SSSR count). The Morgan fingerprint density at radius 3 is 2.70 bits per heavy atom. The van der Waals surface area contributed by atoms with Crippen LogP contribution >= 0.6 is 0 Å². The van der Waals surface area contributed by atoms with Crippen LogP contribution in [0.2, 0.25) is 0 Å². The quantitative estimate of drug-likeness (QED) is 0.302. The molecule has 172 valence electrons. The van der Waals surface area contributed by atoms with Gasteiger partial charge in [-0.25, -0.2) is 4.99 Å². The highest BCUT2D eigenvalue weighted by molar-refractivity contribution is 5.95. The van der Waals surface area contributed by atoms with Gasteiger partial charge in [0.05, 0.1) is 13.1 Å². The summed E-state index contributed by atoms with van der Waals surface area (Å²) >= 11 is 0. The Bertz CT molecular complexity index is 1080. The zero-order chi connectivity index (χ0) is 22.9. The van der Waals surface area contributed by atoms with Crippen LogP contribution in [0.15, 0.2) is 72.0 Å². The number of carbonyl (C=O) groups excluding carboxylic acids is 1. The van der Waals surface area contributed by atoms with E-state index < -0.39 is 0 Å². The Morgan fingerprint density at radius 1 is 1.06 bits per heavy atom. The van der Waals surface area contributed by atoms with E-state index in [-0.39, 0.29) is 5.91 Å². The lowest BCUT2D eigenvalue weighted by Gasteiger charge is -2.17. The molecule has 0 unspecified atom stereocenters. The molecule has 2 aromatic carbocycles. The van der Waals surface area contributed by atoms with Crippen molar-refractivity contribution < 1.29 is 4.79 Å². The molecular weight excluding hydrogens is 412 g/mol. The summed E-state index contributed by atoms with van der Waals surface area (Å²) in [6, 6.07) is 18.4. The fraction of sp³-hybridized carbons (Fsp3) is 0.346. The van der Waals surface area contributed by atoms with Gasteiger partial charge in [0.2, 0.25) is 5.91 Å². The van der Waals surface area contributed by atoms with E-state index in [1.807, 2.05) is 52.2 Å². The number of hydrogen-bond donors (Lipinski definition) is 2. The van der Waals surface area contributed by atoms with Gasteiger partial charge in [-0.15, -0.1) is 0 Å². The number of aliphatic imine (C=N–C) groups is 1. The standard InChI is InChI=1S/C26H32N6O/c1-2-27-26(29-19-22-10-3-4-11-23(22)20-31-17-8-16-30-31)28-15-7-13-25(33)32-18-14-21-9-5-6-12-24(21)32/h3-6,8-12,16-17H,2,7,13-15,18-20H2,1H3,(H2,27,28,29). The average molecular weight is 445 g/mol. The molecule has 0 atom stereocenters. The molecule has 1 amide bonds. The first kappa shape index (κ1) is 22.6. The van der Waals surface area contributed by atoms with Crippen molar-refractivity contribution in [2.75, 3.05) is 24.5 Å². The second kappa shape index (κ2) is 11.3. The number of amides is 1. The van der Waals surface area contributed by atoms with Gasteiger partial charge in [0.25, 0.3) is 0 Å². The first-order valence-corrected chi connectivity index (χ1v) is 11.7. The van der Waals surface area contributed by atoms with Crippen LogP contribution in [0.5, 0.6) is 0 Å². The minimum Gasteiger partial charge on any atom is -0.357 e. The number of fused-ring (bicyclic) bond motifs is 1. The molecule has 0 spiro atoms. The highest BCUT2D eigenvalue weighted by Gasteiger charge is 2.23. The Balaban J connectivity index is 1.28. The fourth-order valence-corrected chi connectivity index (χ4v) is 4.12. The zero-order valence-corrected chi connectivity index (χ0v) is 19.2. The third-order valence-electron chi connectivity index (χ3n) is 5.81. The van der Waals surface area contributed by atoms with E-state index >= 15 is 0 Å². The summed E-state index contributed by atoms with van der Waals surface area (Å²) in [5.41, 5.74) is 4.71. The van der Waals surface area contributed by atoms with Crippen LogP contribution in [0.4, 0.5) is 5.69 Å². The van der Waals surface area contributed by atoms with Crippen molar-refractivity contribution in [2.45, 2.75) is 39.3 Å². The van der Waals surface area contributed by atoms with Crippen LogP contribution in [-0.4, -0.2) is 41.3 Å². The Hall–Kier alpha value is -3.61. The van der Waals surface area contributed by atoms with Crippen LogP contribution in [0.25, 0.3) is 0 Å². The van der Waals surface area contributed by atoms with Crippen molar-refractivity contribution in [1.82, 2.24) is 20.4 Å². The fourth-order valence-electron chi connectivity index (χ4n) is 4.12. The van der Waals surface area contributed by atoms with Crippen LogP contribution in [0.1, 0.15) is 36.5 Å². The molecule has 0 saturated carbocycles. The van der Waals surface area contributed by atoms with E-state index in [1.54, 1.807) is 6.20 Å². The maximum Gasteiger partial charge on any atom is 0.227 e. The van der Waals surface area contributed by atoms with E-state index in [4.69, 9.17) is 4.99 Å². The molecule has 33 heavy (non-hydrogen) atoms. The van der Waals surface area contributed by atoms with Gasteiger partial charge in [-0.2, -0.15) is 5.10 Å². The van der Waals surface area contributed by atoms with Gasteiger partial charge >= 0.3 is 0 Å². The number of carbonyl (C=O) groups is 1. The topological polar surface area (TPSA) is 74.5 Å². The van der Waals surface area contributed by atoms with Gasteiger partial charge < -0.3 is 15.5 Å². The Morgan fingerprint density at radius 2 is 1.88 bits per heavy atom. The first-order chi connectivity index (χ1) is 16.2. The van der Waals surface area contributed by atoms with Crippen LogP contribution < -0.4 is 15.5 Å². The number of hydrogen-bond acceptors (Lipinski definition) is 3.